The highest BCUT2D eigenvalue weighted by atomic mass is 32.2. The van der Waals surface area contributed by atoms with E-state index < -0.39 is 33.2 Å². The van der Waals surface area contributed by atoms with Crippen LogP contribution in [0.15, 0.2) is 36.8 Å². The molecule has 3 N–H and O–H groups in total. The van der Waals surface area contributed by atoms with Gasteiger partial charge in [-0.15, -0.1) is 0 Å². The molecule has 0 radical (unpaired) electrons. The minimum Gasteiger partial charge on any atom is -0.367 e. The predicted molar refractivity (Wildman–Crippen MR) is 88.7 cm³/mol. The highest BCUT2D eigenvalue weighted by Crippen LogP contribution is 2.34. The molecule has 26 heavy (non-hydrogen) atoms. The number of nitrogens with one attached hydrogen (secondary N) is 1. The number of carbonyl (C=O) groups is 1. The van der Waals surface area contributed by atoms with Gasteiger partial charge >= 0.3 is 6.18 Å². The molecule has 0 spiro atoms. The van der Waals surface area contributed by atoms with Crippen molar-refractivity contribution in [2.24, 2.45) is 5.73 Å². The number of nitrogens with two attached hydrogens (primary N) is 1. The van der Waals surface area contributed by atoms with Gasteiger partial charge in [-0.05, 0) is 24.1 Å². The Kier molecular flexibility index (Phi) is 5.04. The number of nitrogens with zero attached hydrogens (tertiary/aromatic N) is 2. The Bertz CT molecular complexity index is 907. The number of alkyl halides is 3. The Hall–Kier alpha value is -2.56. The summed E-state index contributed by atoms with van der Waals surface area (Å²) in [6, 6.07) is 4.05. The van der Waals surface area contributed by atoms with Gasteiger partial charge in [-0.25, -0.2) is 13.4 Å². The van der Waals surface area contributed by atoms with E-state index in [1.54, 1.807) is 6.92 Å². The van der Waals surface area contributed by atoms with E-state index in [0.717, 1.165) is 18.4 Å². The number of sulfonamides is 1. The number of benzene rings is 1. The summed E-state index contributed by atoms with van der Waals surface area (Å²) in [5.41, 5.74) is 3.40. The predicted octanol–water partition coefficient (Wildman–Crippen LogP) is 1.91. The van der Waals surface area contributed by atoms with E-state index in [4.69, 9.17) is 5.73 Å². The second-order valence-corrected chi connectivity index (χ2v) is 7.44. The van der Waals surface area contributed by atoms with Crippen LogP contribution in [0.2, 0.25) is 0 Å². The molecule has 1 aromatic heterocycles. The summed E-state index contributed by atoms with van der Waals surface area (Å²) < 4.78 is 64.4. The van der Waals surface area contributed by atoms with Gasteiger partial charge in [0.2, 0.25) is 15.9 Å². The van der Waals surface area contributed by atoms with Crippen LogP contribution in [0, 0.1) is 0 Å². The third-order valence-corrected chi connectivity index (χ3v) is 4.50. The fourth-order valence-electron chi connectivity index (χ4n) is 2.69. The number of carbonyl (C=O) groups excluding carboxylic acids is 1. The lowest BCUT2D eigenvalue weighted by molar-refractivity contribution is -0.137. The van der Waals surface area contributed by atoms with Crippen molar-refractivity contribution < 1.29 is 26.4 Å². The molecule has 0 bridgehead atoms. The van der Waals surface area contributed by atoms with Crippen LogP contribution in [-0.4, -0.2) is 30.1 Å². The number of aromatic nitrogens is 2. The fraction of sp³-hybridized carbons (Fsp3) is 0.333. The van der Waals surface area contributed by atoms with E-state index in [1.807, 2.05) is 0 Å². The van der Waals surface area contributed by atoms with Gasteiger partial charge in [-0.2, -0.15) is 13.2 Å². The normalized spacial score (nSPS) is 14.7. The molecule has 2 rings (SSSR count). The summed E-state index contributed by atoms with van der Waals surface area (Å²) in [4.78, 5) is 16.1. The van der Waals surface area contributed by atoms with Crippen LogP contribution in [0.3, 0.4) is 0 Å². The quantitative estimate of drug-likeness (QED) is 0.786. The van der Waals surface area contributed by atoms with E-state index in [9.17, 15) is 26.4 Å². The van der Waals surface area contributed by atoms with E-state index in [2.05, 4.69) is 9.71 Å². The highest BCUT2D eigenvalue weighted by molar-refractivity contribution is 7.92. The van der Waals surface area contributed by atoms with Crippen LogP contribution in [-0.2, 0) is 26.5 Å². The first-order chi connectivity index (χ1) is 11.9. The molecular formula is C15H17F3N4O3S. The maximum Gasteiger partial charge on any atom is 0.416 e. The summed E-state index contributed by atoms with van der Waals surface area (Å²) in [7, 11) is -3.59. The Morgan fingerprint density at radius 1 is 1.23 bits per heavy atom. The van der Waals surface area contributed by atoms with Crippen LogP contribution in [0.5, 0.6) is 0 Å². The van der Waals surface area contributed by atoms with Crippen LogP contribution in [0.1, 0.15) is 24.5 Å². The number of hydrogen-bond acceptors (Lipinski definition) is 4. The molecule has 142 valence electrons. The van der Waals surface area contributed by atoms with Gasteiger partial charge in [-0.1, -0.05) is 19.1 Å². The molecule has 0 aliphatic carbocycles. The van der Waals surface area contributed by atoms with Crippen molar-refractivity contribution in [2.75, 3.05) is 11.0 Å². The molecule has 0 saturated heterocycles. The first-order valence-corrected chi connectivity index (χ1v) is 9.29. The zero-order valence-electron chi connectivity index (χ0n) is 13.9. The summed E-state index contributed by atoms with van der Waals surface area (Å²) in [6.45, 7) is 1.63. The van der Waals surface area contributed by atoms with Gasteiger partial charge < -0.3 is 10.3 Å². The smallest absolute Gasteiger partial charge is 0.367 e. The van der Waals surface area contributed by atoms with Crippen LogP contribution in [0.25, 0.3) is 0 Å². The lowest BCUT2D eigenvalue weighted by Crippen LogP contribution is -2.46. The molecule has 2 aromatic rings. The number of primary amides is 1. The number of rotatable bonds is 6. The van der Waals surface area contributed by atoms with E-state index in [-0.39, 0.29) is 17.8 Å². The molecule has 0 fully saturated rings. The van der Waals surface area contributed by atoms with E-state index >= 15 is 0 Å². The SMILES string of the molecule is CCC(C(N)=O)(c1ccc(C(F)(F)F)cc1)n1cnc(NS(C)(=O)=O)c1. The standard InChI is InChI=1S/C15H17F3N4O3S/c1-3-14(13(19)23,10-4-6-11(7-5-10)15(16,17)18)22-8-12(20-9-22)21-26(2,24)25/h4-9,21H,3H2,1-2H3,(H2,19,23). The maximum atomic E-state index is 12.8. The summed E-state index contributed by atoms with van der Waals surface area (Å²) in [6.07, 6.45) is -1.01. The molecule has 0 aliphatic heterocycles. The molecule has 0 saturated carbocycles. The first kappa shape index (κ1) is 19.8. The van der Waals surface area contributed by atoms with Gasteiger partial charge in [0, 0.05) is 6.20 Å². The maximum absolute atomic E-state index is 12.8. The van der Waals surface area contributed by atoms with Gasteiger partial charge in [0.1, 0.15) is 5.54 Å². The third-order valence-electron chi connectivity index (χ3n) is 3.92. The number of imidazole rings is 1. The van der Waals surface area contributed by atoms with Crippen LogP contribution < -0.4 is 10.5 Å². The lowest BCUT2D eigenvalue weighted by atomic mass is 9.85. The molecule has 1 heterocycles. The van der Waals surface area contributed by atoms with E-state index in [0.29, 0.717) is 0 Å². The summed E-state index contributed by atoms with van der Waals surface area (Å²) in [5.74, 6) is -0.860. The number of halogens is 3. The van der Waals surface area contributed by atoms with Crippen molar-refractivity contribution in [1.82, 2.24) is 9.55 Å². The van der Waals surface area contributed by atoms with Crippen molar-refractivity contribution in [3.8, 4) is 0 Å². The molecule has 11 heteroatoms. The molecule has 1 unspecified atom stereocenters. The van der Waals surface area contributed by atoms with Crippen LogP contribution >= 0.6 is 0 Å². The average molecular weight is 390 g/mol. The zero-order chi connectivity index (χ0) is 19.8. The largest absolute Gasteiger partial charge is 0.416 e. The minimum absolute atomic E-state index is 0.0431. The second kappa shape index (κ2) is 6.63. The Balaban J connectivity index is 2.55. The van der Waals surface area contributed by atoms with Crippen molar-refractivity contribution >= 4 is 21.7 Å². The monoisotopic (exact) mass is 390 g/mol. The fourth-order valence-corrected chi connectivity index (χ4v) is 3.17. The Morgan fingerprint density at radius 3 is 2.19 bits per heavy atom. The summed E-state index contributed by atoms with van der Waals surface area (Å²) in [5, 5.41) is 0. The van der Waals surface area contributed by atoms with E-state index in [1.165, 1.54) is 29.2 Å². The lowest BCUT2D eigenvalue weighted by Gasteiger charge is -2.31. The molecule has 0 aliphatic rings. The summed E-state index contributed by atoms with van der Waals surface area (Å²) >= 11 is 0. The van der Waals surface area contributed by atoms with Crippen molar-refractivity contribution in [3.63, 3.8) is 0 Å². The molecule has 1 amide bonds. The Morgan fingerprint density at radius 2 is 1.77 bits per heavy atom. The zero-order valence-corrected chi connectivity index (χ0v) is 14.7. The molecular weight excluding hydrogens is 373 g/mol. The van der Waals surface area contributed by atoms with Gasteiger partial charge in [0.05, 0.1) is 18.1 Å². The average Bonchev–Trinajstić information content (AvgIpc) is 2.94. The molecule has 7 nitrogen and oxygen atoms in total. The van der Waals surface area contributed by atoms with Gasteiger partial charge in [0.15, 0.2) is 5.82 Å². The number of amides is 1. The third kappa shape index (κ3) is 3.82. The number of anilines is 1. The van der Waals surface area contributed by atoms with Crippen molar-refractivity contribution in [3.05, 3.63) is 47.9 Å². The van der Waals surface area contributed by atoms with Crippen molar-refractivity contribution in [1.29, 1.82) is 0 Å². The number of hydrogen-bond donors (Lipinski definition) is 2. The van der Waals surface area contributed by atoms with Crippen molar-refractivity contribution in [2.45, 2.75) is 25.1 Å². The minimum atomic E-state index is -4.51. The molecule has 1 atom stereocenters. The first-order valence-electron chi connectivity index (χ1n) is 7.40. The van der Waals surface area contributed by atoms with Gasteiger partial charge in [-0.3, -0.25) is 9.52 Å². The highest BCUT2D eigenvalue weighted by Gasteiger charge is 2.40. The Labute approximate surface area is 148 Å². The van der Waals surface area contributed by atoms with Gasteiger partial charge in [0.25, 0.3) is 0 Å². The topological polar surface area (TPSA) is 107 Å². The van der Waals surface area contributed by atoms with Crippen LogP contribution in [0.4, 0.5) is 19.0 Å². The molecule has 1 aromatic carbocycles. The second-order valence-electron chi connectivity index (χ2n) is 5.69.